The number of nitrogens with zero attached hydrogens (tertiary/aromatic N) is 3. The van der Waals surface area contributed by atoms with Crippen molar-refractivity contribution in [2.24, 2.45) is 0 Å². The predicted molar refractivity (Wildman–Crippen MR) is 127 cm³/mol. The van der Waals surface area contributed by atoms with Crippen LogP contribution in [0.4, 0.5) is 0 Å². The highest BCUT2D eigenvalue weighted by Gasteiger charge is 2.26. The fraction of sp³-hybridized carbons (Fsp3) is 0.680. The van der Waals surface area contributed by atoms with Crippen molar-refractivity contribution in [1.82, 2.24) is 20.0 Å². The molecule has 2 saturated heterocycles. The minimum absolute atomic E-state index is 0.00866. The third-order valence-corrected chi connectivity index (χ3v) is 6.16. The van der Waals surface area contributed by atoms with Crippen LogP contribution in [0.25, 0.3) is 0 Å². The molecule has 0 atom stereocenters. The zero-order valence-corrected chi connectivity index (χ0v) is 20.4. The minimum Gasteiger partial charge on any atom is -0.349 e. The van der Waals surface area contributed by atoms with Gasteiger partial charge in [0.2, 0.25) is 5.91 Å². The van der Waals surface area contributed by atoms with Gasteiger partial charge in [-0.05, 0) is 52.7 Å². The average molecular weight is 431 g/mol. The molecule has 31 heavy (non-hydrogen) atoms. The minimum atomic E-state index is 0.00866. The van der Waals surface area contributed by atoms with Crippen molar-refractivity contribution >= 4 is 11.8 Å². The van der Waals surface area contributed by atoms with Gasteiger partial charge in [0.15, 0.2) is 0 Å². The summed E-state index contributed by atoms with van der Waals surface area (Å²) in [5.74, 6) is 0.250. The number of carbonyl (C=O) groups is 2. The van der Waals surface area contributed by atoms with Gasteiger partial charge in [-0.2, -0.15) is 0 Å². The van der Waals surface area contributed by atoms with E-state index in [1.807, 2.05) is 44.7 Å². The molecule has 6 heteroatoms. The van der Waals surface area contributed by atoms with Crippen LogP contribution in [0.15, 0.2) is 18.2 Å². The number of hydrogen-bond acceptors (Lipinski definition) is 4. The first kappa shape index (κ1) is 25.3. The van der Waals surface area contributed by atoms with Crippen molar-refractivity contribution in [3.8, 4) is 0 Å². The molecule has 2 fully saturated rings. The van der Waals surface area contributed by atoms with Gasteiger partial charge in [0.05, 0.1) is 6.54 Å². The third kappa shape index (κ3) is 7.62. The first-order valence-electron chi connectivity index (χ1n) is 11.9. The molecule has 0 aliphatic carbocycles. The van der Waals surface area contributed by atoms with Crippen LogP contribution < -0.4 is 5.32 Å². The number of piperidine rings is 1. The molecule has 1 aromatic carbocycles. The van der Waals surface area contributed by atoms with E-state index < -0.39 is 0 Å². The molecule has 0 bridgehead atoms. The van der Waals surface area contributed by atoms with E-state index in [1.165, 1.54) is 0 Å². The number of likely N-dealkylation sites (tertiary alicyclic amines) is 1. The largest absolute Gasteiger partial charge is 0.349 e. The van der Waals surface area contributed by atoms with Gasteiger partial charge in [0.25, 0.3) is 5.91 Å². The molecule has 2 aliphatic heterocycles. The fourth-order valence-corrected chi connectivity index (χ4v) is 4.39. The smallest absolute Gasteiger partial charge is 0.251 e. The Bertz CT molecular complexity index is 698. The number of carbonyl (C=O) groups excluding carboxylic acids is 2. The Morgan fingerprint density at radius 3 is 2.00 bits per heavy atom. The van der Waals surface area contributed by atoms with Crippen molar-refractivity contribution in [3.63, 3.8) is 0 Å². The van der Waals surface area contributed by atoms with Gasteiger partial charge in [-0.25, -0.2) is 0 Å². The van der Waals surface area contributed by atoms with Crippen molar-refractivity contribution in [2.45, 2.75) is 66.5 Å². The van der Waals surface area contributed by atoms with Gasteiger partial charge >= 0.3 is 0 Å². The summed E-state index contributed by atoms with van der Waals surface area (Å²) in [7, 11) is 0. The van der Waals surface area contributed by atoms with E-state index in [1.54, 1.807) is 0 Å². The summed E-state index contributed by atoms with van der Waals surface area (Å²) in [4.78, 5) is 31.9. The lowest BCUT2D eigenvalue weighted by Crippen LogP contribution is -2.53. The Morgan fingerprint density at radius 1 is 0.935 bits per heavy atom. The monoisotopic (exact) mass is 430 g/mol. The highest BCUT2D eigenvalue weighted by Crippen LogP contribution is 2.14. The first-order chi connectivity index (χ1) is 14.8. The summed E-state index contributed by atoms with van der Waals surface area (Å²) >= 11 is 0. The van der Waals surface area contributed by atoms with Crippen LogP contribution in [0, 0.1) is 13.8 Å². The zero-order chi connectivity index (χ0) is 23.0. The normalized spacial score (nSPS) is 18.5. The molecule has 1 N–H and O–H groups in total. The van der Waals surface area contributed by atoms with Crippen LogP contribution in [0.5, 0.6) is 0 Å². The van der Waals surface area contributed by atoms with E-state index in [0.717, 1.165) is 68.8 Å². The van der Waals surface area contributed by atoms with Crippen molar-refractivity contribution in [2.75, 3.05) is 45.8 Å². The Morgan fingerprint density at radius 2 is 1.48 bits per heavy atom. The number of nitrogens with one attached hydrogen (secondary N) is 1. The molecule has 0 saturated carbocycles. The lowest BCUT2D eigenvalue weighted by atomic mass is 10.0. The highest BCUT2D eigenvalue weighted by molar-refractivity contribution is 5.94. The third-order valence-electron chi connectivity index (χ3n) is 6.16. The average Bonchev–Trinajstić information content (AvgIpc) is 2.76. The van der Waals surface area contributed by atoms with E-state index in [2.05, 4.69) is 35.0 Å². The van der Waals surface area contributed by atoms with Gasteiger partial charge in [-0.15, -0.1) is 0 Å². The molecule has 0 aromatic heterocycles. The van der Waals surface area contributed by atoms with Gasteiger partial charge in [-0.3, -0.25) is 19.4 Å². The first-order valence-corrected chi connectivity index (χ1v) is 11.9. The number of hydrogen-bond donors (Lipinski definition) is 1. The molecule has 0 unspecified atom stereocenters. The van der Waals surface area contributed by atoms with Gasteiger partial charge < -0.3 is 10.2 Å². The van der Waals surface area contributed by atoms with Crippen LogP contribution in [0.1, 0.15) is 62.0 Å². The fourth-order valence-electron chi connectivity index (χ4n) is 4.39. The SMILES string of the molecule is CC.Cc1cc(C)cc(C(=O)NC2CCN(CC(=O)N3CCN(C(C)C)CC3)CC2)c1. The van der Waals surface area contributed by atoms with Crippen LogP contribution >= 0.6 is 0 Å². The topological polar surface area (TPSA) is 55.9 Å². The number of amides is 2. The molecule has 1 aromatic rings. The summed E-state index contributed by atoms with van der Waals surface area (Å²) in [5.41, 5.74) is 2.95. The molecule has 2 aliphatic rings. The molecular formula is C25H42N4O2. The van der Waals surface area contributed by atoms with E-state index in [9.17, 15) is 9.59 Å². The van der Waals surface area contributed by atoms with E-state index >= 15 is 0 Å². The van der Waals surface area contributed by atoms with Gasteiger partial charge in [0.1, 0.15) is 0 Å². The molecule has 0 spiro atoms. The second kappa shape index (κ2) is 12.2. The maximum atomic E-state index is 12.6. The molecular weight excluding hydrogens is 388 g/mol. The summed E-state index contributed by atoms with van der Waals surface area (Å²) in [6.07, 6.45) is 1.79. The quantitative estimate of drug-likeness (QED) is 0.780. The Hall–Kier alpha value is -1.92. The molecule has 174 valence electrons. The number of benzene rings is 1. The lowest BCUT2D eigenvalue weighted by molar-refractivity contribution is -0.134. The van der Waals surface area contributed by atoms with Crippen molar-refractivity contribution < 1.29 is 9.59 Å². The van der Waals surface area contributed by atoms with Crippen LogP contribution in [-0.2, 0) is 4.79 Å². The van der Waals surface area contributed by atoms with E-state index in [0.29, 0.717) is 12.6 Å². The van der Waals surface area contributed by atoms with Crippen molar-refractivity contribution in [1.29, 1.82) is 0 Å². The molecule has 6 nitrogen and oxygen atoms in total. The standard InChI is InChI=1S/C23H36N4O2.C2H6/c1-17(2)26-9-11-27(12-10-26)22(28)16-25-7-5-21(6-8-25)24-23(29)20-14-18(3)13-19(4)15-20;1-2/h13-15,17,21H,5-12,16H2,1-4H3,(H,24,29);1-2H3. The Labute approximate surface area is 189 Å². The summed E-state index contributed by atoms with van der Waals surface area (Å²) < 4.78 is 0. The second-order valence-electron chi connectivity index (χ2n) is 8.91. The molecule has 2 amide bonds. The second-order valence-corrected chi connectivity index (χ2v) is 8.91. The summed E-state index contributed by atoms with van der Waals surface area (Å²) in [5, 5.41) is 3.18. The molecule has 3 rings (SSSR count). The Kier molecular flexibility index (Phi) is 9.97. The van der Waals surface area contributed by atoms with Crippen LogP contribution in [0.3, 0.4) is 0 Å². The lowest BCUT2D eigenvalue weighted by Gasteiger charge is -2.38. The zero-order valence-electron chi connectivity index (χ0n) is 20.4. The predicted octanol–water partition coefficient (Wildman–Crippen LogP) is 3.08. The number of rotatable bonds is 5. The number of piperazine rings is 1. The van der Waals surface area contributed by atoms with E-state index in [4.69, 9.17) is 0 Å². The van der Waals surface area contributed by atoms with Crippen LogP contribution in [0.2, 0.25) is 0 Å². The maximum absolute atomic E-state index is 12.6. The van der Waals surface area contributed by atoms with Gasteiger partial charge in [0, 0.05) is 56.9 Å². The van der Waals surface area contributed by atoms with Crippen molar-refractivity contribution in [3.05, 3.63) is 34.9 Å². The van der Waals surface area contributed by atoms with Gasteiger partial charge in [-0.1, -0.05) is 31.0 Å². The van der Waals surface area contributed by atoms with E-state index in [-0.39, 0.29) is 17.9 Å². The maximum Gasteiger partial charge on any atom is 0.251 e. The molecule has 2 heterocycles. The molecule has 0 radical (unpaired) electrons. The summed E-state index contributed by atoms with van der Waals surface area (Å²) in [6, 6.07) is 6.69. The highest BCUT2D eigenvalue weighted by atomic mass is 16.2. The van der Waals surface area contributed by atoms with Crippen LogP contribution in [-0.4, -0.2) is 84.4 Å². The number of aryl methyl sites for hydroxylation is 2. The Balaban J connectivity index is 0.00000166. The summed E-state index contributed by atoms with van der Waals surface area (Å²) in [6.45, 7) is 18.3.